The second-order valence-corrected chi connectivity index (χ2v) is 8.15. The fraction of sp³-hybridized carbons (Fsp3) is 0.650. The van der Waals surface area contributed by atoms with Crippen LogP contribution in [-0.2, 0) is 28.8 Å². The fourth-order valence-corrected chi connectivity index (χ4v) is 2.88. The van der Waals surface area contributed by atoms with Gasteiger partial charge in [-0.2, -0.15) is 0 Å². The number of nitrogens with one attached hydrogen (secondary N) is 3. The summed E-state index contributed by atoms with van der Waals surface area (Å²) in [6, 6.07) is -5.73. The number of primary amides is 1. The van der Waals surface area contributed by atoms with Gasteiger partial charge in [0.25, 0.3) is 0 Å². The largest absolute Gasteiger partial charge is 0.481 e. The predicted molar refractivity (Wildman–Crippen MR) is 127 cm³/mol. The van der Waals surface area contributed by atoms with Gasteiger partial charge >= 0.3 is 11.9 Å². The number of guanidine groups is 1. The minimum atomic E-state index is -1.65. The van der Waals surface area contributed by atoms with E-state index in [1.165, 1.54) is 0 Å². The van der Waals surface area contributed by atoms with Gasteiger partial charge in [0.05, 0.1) is 18.9 Å². The number of carbonyl (C=O) groups excluding carboxylic acids is 4. The molecule has 5 unspecified atom stereocenters. The third-order valence-corrected chi connectivity index (χ3v) is 5.17. The lowest BCUT2D eigenvalue weighted by molar-refractivity contribution is -0.143. The monoisotopic (exact) mass is 516 g/mol. The molecule has 0 saturated heterocycles. The molecule has 0 saturated carbocycles. The summed E-state index contributed by atoms with van der Waals surface area (Å²) < 4.78 is 0. The molecule has 4 amide bonds. The van der Waals surface area contributed by atoms with Crippen molar-refractivity contribution in [2.45, 2.75) is 70.1 Å². The lowest BCUT2D eigenvalue weighted by Crippen LogP contribution is -2.58. The number of aliphatic imine (C=N–C) groups is 1. The maximum absolute atomic E-state index is 12.8. The summed E-state index contributed by atoms with van der Waals surface area (Å²) in [7, 11) is 0. The zero-order valence-corrected chi connectivity index (χ0v) is 20.2. The first kappa shape index (κ1) is 32.0. The molecule has 5 atom stereocenters. The van der Waals surface area contributed by atoms with Gasteiger partial charge in [-0.15, -0.1) is 0 Å². The Morgan fingerprint density at radius 2 is 1.33 bits per heavy atom. The van der Waals surface area contributed by atoms with Crippen LogP contribution in [0.2, 0.25) is 0 Å². The Balaban J connectivity index is 5.54. The van der Waals surface area contributed by atoms with Crippen LogP contribution in [0.4, 0.5) is 0 Å². The molecule has 0 aromatic heterocycles. The van der Waals surface area contributed by atoms with E-state index in [-0.39, 0.29) is 31.3 Å². The van der Waals surface area contributed by atoms with Crippen LogP contribution >= 0.6 is 0 Å². The molecule has 0 aromatic carbocycles. The molecule has 13 N–H and O–H groups in total. The lowest BCUT2D eigenvalue weighted by atomic mass is 9.99. The average molecular weight is 517 g/mol. The quantitative estimate of drug-likeness (QED) is 0.0514. The SMILES string of the molecule is CCC(C)C(N)C(=O)NC(CC(=O)O)C(=O)NC(CC(N)=O)C(=O)NC(CCCN=C(N)N)C(=O)O. The normalized spacial score (nSPS) is 14.8. The number of carbonyl (C=O) groups is 6. The molecule has 0 aliphatic heterocycles. The van der Waals surface area contributed by atoms with E-state index in [2.05, 4.69) is 20.9 Å². The van der Waals surface area contributed by atoms with Crippen LogP contribution in [-0.4, -0.2) is 82.5 Å². The molecule has 0 fully saturated rings. The van der Waals surface area contributed by atoms with Crippen LogP contribution in [0.3, 0.4) is 0 Å². The smallest absolute Gasteiger partial charge is 0.326 e. The second-order valence-electron chi connectivity index (χ2n) is 8.15. The number of hydrogen-bond donors (Lipinski definition) is 9. The molecule has 0 spiro atoms. The number of nitrogens with zero attached hydrogens (tertiary/aromatic N) is 1. The van der Waals surface area contributed by atoms with Gasteiger partial charge in [-0.3, -0.25) is 29.0 Å². The summed E-state index contributed by atoms with van der Waals surface area (Å²) in [4.78, 5) is 75.7. The van der Waals surface area contributed by atoms with Crippen molar-refractivity contribution in [2.24, 2.45) is 33.8 Å². The highest BCUT2D eigenvalue weighted by atomic mass is 16.4. The number of rotatable bonds is 17. The highest BCUT2D eigenvalue weighted by molar-refractivity contribution is 5.97. The van der Waals surface area contributed by atoms with Crippen LogP contribution in [0.1, 0.15) is 46.0 Å². The number of carboxylic acid groups (broad SMARTS) is 2. The molecule has 16 nitrogen and oxygen atoms in total. The van der Waals surface area contributed by atoms with E-state index in [9.17, 15) is 33.9 Å². The fourth-order valence-electron chi connectivity index (χ4n) is 2.88. The third kappa shape index (κ3) is 12.5. The molecule has 0 bridgehead atoms. The van der Waals surface area contributed by atoms with Crippen LogP contribution < -0.4 is 38.9 Å². The molecule has 0 rings (SSSR count). The molecule has 0 aliphatic rings. The first-order chi connectivity index (χ1) is 16.7. The molecule has 0 aliphatic carbocycles. The summed E-state index contributed by atoms with van der Waals surface area (Å²) in [6.45, 7) is 3.58. The number of carboxylic acids is 2. The van der Waals surface area contributed by atoms with Gasteiger partial charge < -0.3 is 49.1 Å². The van der Waals surface area contributed by atoms with Gasteiger partial charge in [-0.1, -0.05) is 20.3 Å². The highest BCUT2D eigenvalue weighted by Gasteiger charge is 2.32. The zero-order valence-electron chi connectivity index (χ0n) is 20.2. The Bertz CT molecular complexity index is 846. The molecule has 16 heteroatoms. The van der Waals surface area contributed by atoms with E-state index in [0.717, 1.165) is 0 Å². The Kier molecular flexibility index (Phi) is 14.1. The van der Waals surface area contributed by atoms with Gasteiger partial charge in [-0.25, -0.2) is 4.79 Å². The molecule has 36 heavy (non-hydrogen) atoms. The van der Waals surface area contributed by atoms with Crippen molar-refractivity contribution in [3.8, 4) is 0 Å². The Hall–Kier alpha value is -3.95. The van der Waals surface area contributed by atoms with Crippen molar-refractivity contribution in [3.05, 3.63) is 0 Å². The van der Waals surface area contributed by atoms with Crippen LogP contribution in [0.25, 0.3) is 0 Å². The van der Waals surface area contributed by atoms with Crippen molar-refractivity contribution < 1.29 is 39.0 Å². The molecule has 204 valence electrons. The minimum absolute atomic E-state index is 0.0830. The van der Waals surface area contributed by atoms with E-state index in [1.807, 2.05) is 0 Å². The van der Waals surface area contributed by atoms with E-state index in [0.29, 0.717) is 6.42 Å². The molecule has 0 heterocycles. The Morgan fingerprint density at radius 1 is 0.833 bits per heavy atom. The van der Waals surface area contributed by atoms with Gasteiger partial charge in [0.15, 0.2) is 5.96 Å². The van der Waals surface area contributed by atoms with Gasteiger partial charge in [0, 0.05) is 6.54 Å². The van der Waals surface area contributed by atoms with Crippen LogP contribution in [0.5, 0.6) is 0 Å². The maximum atomic E-state index is 12.8. The van der Waals surface area contributed by atoms with E-state index >= 15 is 0 Å². The number of amides is 4. The number of aliphatic carboxylic acids is 2. The van der Waals surface area contributed by atoms with Gasteiger partial charge in [-0.05, 0) is 18.8 Å². The van der Waals surface area contributed by atoms with Gasteiger partial charge in [0.2, 0.25) is 23.6 Å². The second kappa shape index (κ2) is 15.9. The van der Waals surface area contributed by atoms with E-state index in [1.54, 1.807) is 13.8 Å². The van der Waals surface area contributed by atoms with Crippen LogP contribution in [0, 0.1) is 5.92 Å². The van der Waals surface area contributed by atoms with Crippen molar-refractivity contribution >= 4 is 41.5 Å². The Labute approximate surface area is 207 Å². The predicted octanol–water partition coefficient (Wildman–Crippen LogP) is -3.70. The molecular weight excluding hydrogens is 480 g/mol. The molecule has 0 aromatic rings. The lowest BCUT2D eigenvalue weighted by Gasteiger charge is -2.25. The average Bonchev–Trinajstić information content (AvgIpc) is 2.77. The summed E-state index contributed by atoms with van der Waals surface area (Å²) >= 11 is 0. The summed E-state index contributed by atoms with van der Waals surface area (Å²) in [5, 5.41) is 25.1. The highest BCUT2D eigenvalue weighted by Crippen LogP contribution is 2.07. The first-order valence-electron chi connectivity index (χ1n) is 11.1. The summed E-state index contributed by atoms with van der Waals surface area (Å²) in [6.07, 6.45) is -0.927. The van der Waals surface area contributed by atoms with Crippen molar-refractivity contribution in [1.29, 1.82) is 0 Å². The number of hydrogen-bond acceptors (Lipinski definition) is 8. The zero-order chi connectivity index (χ0) is 28.0. The van der Waals surface area contributed by atoms with Crippen molar-refractivity contribution in [2.75, 3.05) is 6.54 Å². The first-order valence-corrected chi connectivity index (χ1v) is 11.1. The maximum Gasteiger partial charge on any atom is 0.326 e. The topological polar surface area (TPSA) is 295 Å². The minimum Gasteiger partial charge on any atom is -0.481 e. The number of nitrogens with two attached hydrogens (primary N) is 4. The molecular formula is C20H36N8O8. The summed E-state index contributed by atoms with van der Waals surface area (Å²) in [5.41, 5.74) is 21.4. The third-order valence-electron chi connectivity index (χ3n) is 5.17. The van der Waals surface area contributed by atoms with Crippen LogP contribution in [0.15, 0.2) is 4.99 Å². The van der Waals surface area contributed by atoms with Crippen molar-refractivity contribution in [1.82, 2.24) is 16.0 Å². The van der Waals surface area contributed by atoms with E-state index in [4.69, 9.17) is 28.0 Å². The standard InChI is InChI=1S/C20H36N8O8/c1-3-9(2)15(22)18(34)28-12(8-14(30)31)17(33)27-11(7-13(21)29)16(32)26-10(19(35)36)5-4-6-25-20(23)24/h9-12,15H,3-8,22H2,1-2H3,(H2,21,29)(H,26,32)(H,27,33)(H,28,34)(H,30,31)(H,35,36)(H4,23,24,25). The Morgan fingerprint density at radius 3 is 1.78 bits per heavy atom. The van der Waals surface area contributed by atoms with Gasteiger partial charge in [0.1, 0.15) is 18.1 Å². The van der Waals surface area contributed by atoms with E-state index < -0.39 is 72.6 Å². The molecule has 0 radical (unpaired) electrons. The van der Waals surface area contributed by atoms with Crippen molar-refractivity contribution in [3.63, 3.8) is 0 Å². The summed E-state index contributed by atoms with van der Waals surface area (Å²) in [5.74, 6) is -7.25.